The van der Waals surface area contributed by atoms with Crippen molar-refractivity contribution in [2.24, 2.45) is 4.99 Å². The van der Waals surface area contributed by atoms with Crippen molar-refractivity contribution in [2.75, 3.05) is 27.8 Å². The summed E-state index contributed by atoms with van der Waals surface area (Å²) in [5, 5.41) is 0. The first-order chi connectivity index (χ1) is 22.5. The Morgan fingerprint density at radius 3 is 2.60 bits per heavy atom. The van der Waals surface area contributed by atoms with Crippen molar-refractivity contribution >= 4 is 41.1 Å². The standard InChI is InChI=1S/C34H36N6O7/c1-20-13-21(11-12-25(41)23-9-7-8-10-24(23)33(42)43-6)15-22(14-20)44-16-26-28-29(47-34(2,3)46-28)32(45-26)40-19-37-27-30(38-18-39(4)5)35-17-36-31(27)40/h7-15,17-19,26,28-29,32H,16H2,1-6H3/b12-11+,38-18?/t26-,28-,29-,32-/m1/s1. The molecule has 47 heavy (non-hydrogen) atoms. The third kappa shape index (κ3) is 6.77. The molecule has 244 valence electrons. The number of aryl methyl sites for hydroxylation is 1. The first-order valence-electron chi connectivity index (χ1n) is 15.1. The molecule has 0 saturated carbocycles. The van der Waals surface area contributed by atoms with Gasteiger partial charge in [0.2, 0.25) is 0 Å². The molecule has 0 N–H and O–H groups in total. The summed E-state index contributed by atoms with van der Waals surface area (Å²) in [5.41, 5.74) is 3.26. The Balaban J connectivity index is 1.20. The van der Waals surface area contributed by atoms with E-state index in [2.05, 4.69) is 19.9 Å². The van der Waals surface area contributed by atoms with Gasteiger partial charge in [0.25, 0.3) is 0 Å². The lowest BCUT2D eigenvalue weighted by Crippen LogP contribution is -2.33. The van der Waals surface area contributed by atoms with Crippen molar-refractivity contribution in [3.8, 4) is 5.75 Å². The van der Waals surface area contributed by atoms with Gasteiger partial charge in [0.15, 0.2) is 34.8 Å². The van der Waals surface area contributed by atoms with E-state index in [1.54, 1.807) is 43.0 Å². The summed E-state index contributed by atoms with van der Waals surface area (Å²) in [5.74, 6) is -0.679. The van der Waals surface area contributed by atoms with Gasteiger partial charge in [-0.2, -0.15) is 0 Å². The summed E-state index contributed by atoms with van der Waals surface area (Å²) in [4.78, 5) is 44.6. The molecule has 0 amide bonds. The number of aromatic nitrogens is 4. The van der Waals surface area contributed by atoms with Crippen molar-refractivity contribution in [1.82, 2.24) is 24.4 Å². The van der Waals surface area contributed by atoms with E-state index in [0.29, 0.717) is 22.7 Å². The highest BCUT2D eigenvalue weighted by molar-refractivity contribution is 6.12. The second kappa shape index (κ2) is 13.0. The van der Waals surface area contributed by atoms with Crippen LogP contribution in [0.5, 0.6) is 5.75 Å². The van der Waals surface area contributed by atoms with Crippen LogP contribution in [0.25, 0.3) is 17.2 Å². The Kier molecular flexibility index (Phi) is 8.86. The van der Waals surface area contributed by atoms with E-state index in [0.717, 1.165) is 11.1 Å². The fraction of sp³-hybridized carbons (Fsp3) is 0.353. The van der Waals surface area contributed by atoms with E-state index < -0.39 is 36.3 Å². The van der Waals surface area contributed by atoms with Crippen LogP contribution in [-0.4, -0.2) is 94.4 Å². The molecule has 2 aromatic heterocycles. The molecule has 4 aromatic rings. The van der Waals surface area contributed by atoms with Gasteiger partial charge < -0.3 is 28.6 Å². The van der Waals surface area contributed by atoms with Crippen molar-refractivity contribution in [3.63, 3.8) is 0 Å². The predicted octanol–water partition coefficient (Wildman–Crippen LogP) is 4.54. The number of methoxy groups -OCH3 is 1. The minimum atomic E-state index is -0.831. The number of hydrogen-bond acceptors (Lipinski definition) is 11. The van der Waals surface area contributed by atoms with Gasteiger partial charge in [-0.05, 0) is 56.2 Å². The van der Waals surface area contributed by atoms with Crippen LogP contribution in [0.15, 0.2) is 66.2 Å². The minimum absolute atomic E-state index is 0.176. The molecule has 2 aromatic carbocycles. The van der Waals surface area contributed by atoms with Gasteiger partial charge in [0.1, 0.15) is 37.0 Å². The largest absolute Gasteiger partial charge is 0.491 e. The number of benzene rings is 2. The fourth-order valence-electron chi connectivity index (χ4n) is 5.69. The molecule has 4 heterocycles. The van der Waals surface area contributed by atoms with Crippen LogP contribution in [0, 0.1) is 6.92 Å². The number of carbonyl (C=O) groups excluding carboxylic acids is 2. The van der Waals surface area contributed by atoms with Crippen molar-refractivity contribution in [2.45, 2.75) is 51.1 Å². The number of ketones is 1. The average molecular weight is 641 g/mol. The van der Waals surface area contributed by atoms with Crippen LogP contribution in [-0.2, 0) is 18.9 Å². The van der Waals surface area contributed by atoms with Crippen LogP contribution < -0.4 is 4.74 Å². The van der Waals surface area contributed by atoms with Gasteiger partial charge in [0, 0.05) is 19.7 Å². The molecule has 2 fully saturated rings. The smallest absolute Gasteiger partial charge is 0.338 e. The zero-order valence-corrected chi connectivity index (χ0v) is 27.0. The fourth-order valence-corrected chi connectivity index (χ4v) is 5.69. The number of esters is 1. The minimum Gasteiger partial charge on any atom is -0.491 e. The molecule has 0 aliphatic carbocycles. The SMILES string of the molecule is COC(=O)c1ccccc1C(=O)/C=C/c1cc(C)cc(OC[C@H]2O[C@@H](n3cnc4c(N=CN(C)C)ncnc43)[C@@H]3OC(C)(C)O[C@@H]32)c1. The normalized spacial score (nSPS) is 21.8. The van der Waals surface area contributed by atoms with E-state index >= 15 is 0 Å². The van der Waals surface area contributed by atoms with Gasteiger partial charge in [0.05, 0.1) is 25.3 Å². The molecule has 13 heteroatoms. The number of fused-ring (bicyclic) bond motifs is 2. The van der Waals surface area contributed by atoms with Gasteiger partial charge >= 0.3 is 5.97 Å². The number of aliphatic imine (C=N–C) groups is 1. The second-order valence-electron chi connectivity index (χ2n) is 12.0. The molecule has 6 rings (SSSR count). The molecule has 0 unspecified atom stereocenters. The zero-order chi connectivity index (χ0) is 33.3. The third-order valence-corrected chi connectivity index (χ3v) is 7.66. The topological polar surface area (TPSA) is 139 Å². The average Bonchev–Trinajstić information content (AvgIpc) is 3.71. The summed E-state index contributed by atoms with van der Waals surface area (Å²) >= 11 is 0. The number of carbonyl (C=O) groups is 2. The second-order valence-corrected chi connectivity index (χ2v) is 12.0. The molecule has 0 radical (unpaired) electrons. The summed E-state index contributed by atoms with van der Waals surface area (Å²) in [6.45, 7) is 5.85. The number of rotatable bonds is 10. The third-order valence-electron chi connectivity index (χ3n) is 7.66. The van der Waals surface area contributed by atoms with Gasteiger partial charge in [-0.25, -0.2) is 24.7 Å². The maximum atomic E-state index is 13.0. The molecular weight excluding hydrogens is 604 g/mol. The van der Waals surface area contributed by atoms with E-state index in [4.69, 9.17) is 23.7 Å². The van der Waals surface area contributed by atoms with E-state index in [1.807, 2.05) is 62.5 Å². The first-order valence-corrected chi connectivity index (χ1v) is 15.1. The lowest BCUT2D eigenvalue weighted by molar-refractivity contribution is -0.198. The number of nitrogens with zero attached hydrogens (tertiary/aromatic N) is 6. The zero-order valence-electron chi connectivity index (χ0n) is 27.0. The molecule has 2 aliphatic rings. The highest BCUT2D eigenvalue weighted by Crippen LogP contribution is 2.44. The Bertz CT molecular complexity index is 1870. The van der Waals surface area contributed by atoms with E-state index in [-0.39, 0.29) is 23.5 Å². The van der Waals surface area contributed by atoms with Crippen molar-refractivity contribution in [3.05, 3.63) is 83.4 Å². The molecular formula is C34H36N6O7. The van der Waals surface area contributed by atoms with Crippen LogP contribution in [0.1, 0.15) is 51.9 Å². The molecule has 4 atom stereocenters. The van der Waals surface area contributed by atoms with Gasteiger partial charge in [-0.3, -0.25) is 9.36 Å². The van der Waals surface area contributed by atoms with Crippen molar-refractivity contribution in [1.29, 1.82) is 0 Å². The summed E-state index contributed by atoms with van der Waals surface area (Å²) in [6.07, 6.45) is 5.93. The molecule has 13 nitrogen and oxygen atoms in total. The highest BCUT2D eigenvalue weighted by Gasteiger charge is 2.56. The predicted molar refractivity (Wildman–Crippen MR) is 173 cm³/mol. The van der Waals surface area contributed by atoms with E-state index in [9.17, 15) is 9.59 Å². The summed E-state index contributed by atoms with van der Waals surface area (Å²) in [7, 11) is 5.03. The number of ether oxygens (including phenoxy) is 5. The van der Waals surface area contributed by atoms with Crippen LogP contribution in [0.4, 0.5) is 5.82 Å². The lowest BCUT2D eigenvalue weighted by Gasteiger charge is -2.25. The maximum absolute atomic E-state index is 13.0. The highest BCUT2D eigenvalue weighted by atomic mass is 16.8. The summed E-state index contributed by atoms with van der Waals surface area (Å²) < 4.78 is 32.0. The lowest BCUT2D eigenvalue weighted by atomic mass is 10.0. The summed E-state index contributed by atoms with van der Waals surface area (Å²) in [6, 6.07) is 12.2. The Morgan fingerprint density at radius 1 is 1.06 bits per heavy atom. The van der Waals surface area contributed by atoms with Gasteiger partial charge in [-0.1, -0.05) is 30.3 Å². The maximum Gasteiger partial charge on any atom is 0.338 e. The first kappa shape index (κ1) is 32.0. The van der Waals surface area contributed by atoms with Crippen LogP contribution in [0.3, 0.4) is 0 Å². The Hall–Kier alpha value is -4.98. The van der Waals surface area contributed by atoms with Crippen LogP contribution >= 0.6 is 0 Å². The number of allylic oxidation sites excluding steroid dienone is 1. The van der Waals surface area contributed by atoms with Crippen LogP contribution in [0.2, 0.25) is 0 Å². The Labute approximate surface area is 271 Å². The quantitative estimate of drug-likeness (QED) is 0.0794. The van der Waals surface area contributed by atoms with E-state index in [1.165, 1.54) is 19.5 Å². The number of imidazole rings is 1. The molecule has 2 aliphatic heterocycles. The Morgan fingerprint density at radius 2 is 1.83 bits per heavy atom. The molecule has 2 saturated heterocycles. The molecule has 0 bridgehead atoms. The van der Waals surface area contributed by atoms with Crippen molar-refractivity contribution < 1.29 is 33.3 Å². The number of hydrogen-bond donors (Lipinski definition) is 0. The van der Waals surface area contributed by atoms with Gasteiger partial charge in [-0.15, -0.1) is 0 Å². The molecule has 0 spiro atoms. The monoisotopic (exact) mass is 640 g/mol.